The third kappa shape index (κ3) is 5.58. The summed E-state index contributed by atoms with van der Waals surface area (Å²) in [5.74, 6) is -0.743. The Morgan fingerprint density at radius 1 is 1.00 bits per heavy atom. The van der Waals surface area contributed by atoms with E-state index in [1.54, 1.807) is 31.2 Å². The molecule has 0 saturated heterocycles. The summed E-state index contributed by atoms with van der Waals surface area (Å²) >= 11 is 0. The molecule has 0 radical (unpaired) electrons. The molecule has 0 aliphatic carbocycles. The molecule has 2 atom stereocenters. The molecule has 162 valence electrons. The van der Waals surface area contributed by atoms with Crippen LogP contribution in [0.3, 0.4) is 0 Å². The van der Waals surface area contributed by atoms with Gasteiger partial charge in [0, 0.05) is 5.92 Å². The highest BCUT2D eigenvalue weighted by Gasteiger charge is 2.30. The molecule has 0 amide bonds. The number of rotatable bonds is 9. The molecule has 0 heterocycles. The van der Waals surface area contributed by atoms with E-state index >= 15 is 0 Å². The second-order valence-electron chi connectivity index (χ2n) is 6.34. The van der Waals surface area contributed by atoms with Crippen LogP contribution in [-0.2, 0) is 19.6 Å². The van der Waals surface area contributed by atoms with E-state index in [4.69, 9.17) is 14.2 Å². The maximum atomic E-state index is 12.9. The lowest BCUT2D eigenvalue weighted by atomic mass is 9.93. The van der Waals surface area contributed by atoms with E-state index in [0.717, 1.165) is 0 Å². The normalized spacial score (nSPS) is 14.0. The first kappa shape index (κ1) is 23.4. The van der Waals surface area contributed by atoms with E-state index in [2.05, 4.69) is 4.40 Å². The van der Waals surface area contributed by atoms with Gasteiger partial charge in [-0.1, -0.05) is 6.92 Å². The van der Waals surface area contributed by atoms with Crippen LogP contribution in [0, 0.1) is 5.92 Å². The van der Waals surface area contributed by atoms with Crippen molar-refractivity contribution < 1.29 is 32.5 Å². The summed E-state index contributed by atoms with van der Waals surface area (Å²) in [5, 5.41) is 10.4. The zero-order chi connectivity index (χ0) is 22.3. The summed E-state index contributed by atoms with van der Waals surface area (Å²) in [4.78, 5) is 12.0. The van der Waals surface area contributed by atoms with Crippen molar-refractivity contribution >= 4 is 21.7 Å². The number of carbonyl (C=O) groups excluding carboxylic acids is 1. The van der Waals surface area contributed by atoms with Gasteiger partial charge in [-0.25, -0.2) is 4.79 Å². The number of benzene rings is 2. The van der Waals surface area contributed by atoms with Gasteiger partial charge in [0.15, 0.2) is 6.10 Å². The van der Waals surface area contributed by atoms with E-state index < -0.39 is 28.0 Å². The Morgan fingerprint density at radius 3 is 1.97 bits per heavy atom. The lowest BCUT2D eigenvalue weighted by Gasteiger charge is -2.20. The number of methoxy groups -OCH3 is 2. The monoisotopic (exact) mass is 435 g/mol. The minimum absolute atomic E-state index is 0.0222. The van der Waals surface area contributed by atoms with Crippen molar-refractivity contribution in [1.82, 2.24) is 0 Å². The molecule has 0 fully saturated rings. The molecular weight excluding hydrogens is 410 g/mol. The number of aliphatic hydroxyl groups is 1. The Balaban J connectivity index is 2.53. The van der Waals surface area contributed by atoms with E-state index in [1.807, 2.05) is 0 Å². The highest BCUT2D eigenvalue weighted by atomic mass is 32.2. The van der Waals surface area contributed by atoms with Crippen LogP contribution in [0.15, 0.2) is 57.8 Å². The van der Waals surface area contributed by atoms with Gasteiger partial charge in [0.2, 0.25) is 0 Å². The first-order chi connectivity index (χ1) is 14.2. The first-order valence-corrected chi connectivity index (χ1v) is 10.7. The SMILES string of the molecule is CCOC(=O)[C@@H](O)[C@H](C)/C(=N/S(=O)(=O)c1ccc(OC)cc1)c1ccc(OC)cc1. The van der Waals surface area contributed by atoms with Crippen LogP contribution in [0.5, 0.6) is 11.5 Å². The number of nitrogens with zero attached hydrogens (tertiary/aromatic N) is 1. The topological polar surface area (TPSA) is 111 Å². The lowest BCUT2D eigenvalue weighted by molar-refractivity contribution is -0.154. The number of hydrogen-bond donors (Lipinski definition) is 1. The van der Waals surface area contributed by atoms with Gasteiger partial charge in [0.05, 0.1) is 31.4 Å². The van der Waals surface area contributed by atoms with Crippen molar-refractivity contribution in [2.75, 3.05) is 20.8 Å². The summed E-state index contributed by atoms with van der Waals surface area (Å²) in [6.07, 6.45) is -1.59. The number of esters is 1. The van der Waals surface area contributed by atoms with E-state index in [-0.39, 0.29) is 17.2 Å². The highest BCUT2D eigenvalue weighted by Crippen LogP contribution is 2.23. The minimum atomic E-state index is -4.13. The van der Waals surface area contributed by atoms with E-state index in [0.29, 0.717) is 17.1 Å². The van der Waals surface area contributed by atoms with E-state index in [9.17, 15) is 18.3 Å². The zero-order valence-corrected chi connectivity index (χ0v) is 18.0. The number of aliphatic hydroxyl groups excluding tert-OH is 1. The van der Waals surface area contributed by atoms with Gasteiger partial charge in [-0.15, -0.1) is 0 Å². The van der Waals surface area contributed by atoms with Gasteiger partial charge >= 0.3 is 5.97 Å². The molecule has 2 aromatic rings. The van der Waals surface area contributed by atoms with Crippen LogP contribution in [0.1, 0.15) is 19.4 Å². The minimum Gasteiger partial charge on any atom is -0.497 e. The second kappa shape index (κ2) is 10.2. The average molecular weight is 435 g/mol. The Hall–Kier alpha value is -2.91. The molecule has 30 heavy (non-hydrogen) atoms. The molecule has 0 aliphatic heterocycles. The first-order valence-electron chi connectivity index (χ1n) is 9.21. The number of hydrogen-bond acceptors (Lipinski definition) is 7. The van der Waals surface area contributed by atoms with Crippen LogP contribution in [0.25, 0.3) is 0 Å². The molecule has 1 N–H and O–H groups in total. The largest absolute Gasteiger partial charge is 0.497 e. The fourth-order valence-corrected chi connectivity index (χ4v) is 3.79. The molecule has 0 spiro atoms. The third-order valence-electron chi connectivity index (χ3n) is 4.39. The molecule has 8 nitrogen and oxygen atoms in total. The van der Waals surface area contributed by atoms with Crippen LogP contribution in [0.4, 0.5) is 0 Å². The van der Waals surface area contributed by atoms with Gasteiger partial charge in [0.1, 0.15) is 11.5 Å². The third-order valence-corrected chi connectivity index (χ3v) is 5.70. The standard InChI is InChI=1S/C21H25NO7S/c1-5-29-21(24)20(23)14(2)19(15-6-8-16(27-3)9-7-15)22-30(25,26)18-12-10-17(28-4)11-13-18/h6-14,20,23H,5H2,1-4H3/b22-19-/t14-,20+/m1/s1. The maximum absolute atomic E-state index is 12.9. The predicted octanol–water partition coefficient (Wildman–Crippen LogP) is 2.44. The maximum Gasteiger partial charge on any atom is 0.335 e. The molecule has 9 heteroatoms. The van der Waals surface area contributed by atoms with Crippen molar-refractivity contribution in [1.29, 1.82) is 0 Å². The Kier molecular flexibility index (Phi) is 7.96. The fourth-order valence-electron chi connectivity index (χ4n) is 2.67. The lowest BCUT2D eigenvalue weighted by Crippen LogP contribution is -2.35. The molecule has 2 aromatic carbocycles. The molecule has 0 unspecified atom stereocenters. The molecular formula is C21H25NO7S. The Labute approximate surface area is 176 Å². The quantitative estimate of drug-likeness (QED) is 0.476. The summed E-state index contributed by atoms with van der Waals surface area (Å²) in [6, 6.07) is 12.2. The highest BCUT2D eigenvalue weighted by molar-refractivity contribution is 7.90. The van der Waals surface area contributed by atoms with E-state index in [1.165, 1.54) is 45.4 Å². The average Bonchev–Trinajstić information content (AvgIpc) is 2.76. The van der Waals surface area contributed by atoms with Gasteiger partial charge in [-0.3, -0.25) is 0 Å². The number of carbonyl (C=O) groups is 1. The summed E-state index contributed by atoms with van der Waals surface area (Å²) < 4.78 is 44.8. The van der Waals surface area contributed by atoms with Crippen LogP contribution in [-0.4, -0.2) is 52.1 Å². The number of ether oxygens (including phenoxy) is 3. The van der Waals surface area contributed by atoms with Crippen LogP contribution in [0.2, 0.25) is 0 Å². The predicted molar refractivity (Wildman–Crippen MR) is 112 cm³/mol. The number of sulfonamides is 1. The van der Waals surface area contributed by atoms with Crippen molar-refractivity contribution in [3.05, 3.63) is 54.1 Å². The molecule has 0 bridgehead atoms. The van der Waals surface area contributed by atoms with Gasteiger partial charge in [-0.2, -0.15) is 12.8 Å². The van der Waals surface area contributed by atoms with Crippen molar-refractivity contribution in [3.63, 3.8) is 0 Å². The smallest absolute Gasteiger partial charge is 0.335 e. The Bertz CT molecular complexity index is 983. The van der Waals surface area contributed by atoms with Gasteiger partial charge < -0.3 is 19.3 Å². The summed E-state index contributed by atoms with van der Waals surface area (Å²) in [5.41, 5.74) is 0.442. The fraction of sp³-hybridized carbons (Fsp3) is 0.333. The second-order valence-corrected chi connectivity index (χ2v) is 7.95. The van der Waals surface area contributed by atoms with Crippen molar-refractivity contribution in [3.8, 4) is 11.5 Å². The summed E-state index contributed by atoms with van der Waals surface area (Å²) in [7, 11) is -1.15. The van der Waals surface area contributed by atoms with Crippen molar-refractivity contribution in [2.24, 2.45) is 10.3 Å². The van der Waals surface area contributed by atoms with Gasteiger partial charge in [-0.05, 0) is 61.0 Å². The van der Waals surface area contributed by atoms with Crippen LogP contribution < -0.4 is 9.47 Å². The zero-order valence-electron chi connectivity index (χ0n) is 17.2. The molecule has 2 rings (SSSR count). The van der Waals surface area contributed by atoms with Crippen LogP contribution >= 0.6 is 0 Å². The summed E-state index contributed by atoms with van der Waals surface area (Å²) in [6.45, 7) is 3.21. The van der Waals surface area contributed by atoms with Gasteiger partial charge in [0.25, 0.3) is 10.0 Å². The molecule has 0 aromatic heterocycles. The molecule has 0 aliphatic rings. The Morgan fingerprint density at radius 2 is 1.50 bits per heavy atom. The molecule has 0 saturated carbocycles. The van der Waals surface area contributed by atoms with Crippen molar-refractivity contribution in [2.45, 2.75) is 24.8 Å².